The summed E-state index contributed by atoms with van der Waals surface area (Å²) in [6.45, 7) is 2.19. The van der Waals surface area contributed by atoms with Crippen molar-refractivity contribution in [2.24, 2.45) is 5.16 Å². The predicted molar refractivity (Wildman–Crippen MR) is 134 cm³/mol. The molecule has 0 radical (unpaired) electrons. The molecule has 0 heterocycles. The van der Waals surface area contributed by atoms with Gasteiger partial charge in [-0.15, -0.1) is 0 Å². The molecule has 0 spiro atoms. The van der Waals surface area contributed by atoms with Gasteiger partial charge >= 0.3 is 12.1 Å². The highest BCUT2D eigenvalue weighted by atomic mass is 19.4. The smallest absolute Gasteiger partial charge is 0.419 e. The lowest BCUT2D eigenvalue weighted by atomic mass is 10.0. The van der Waals surface area contributed by atoms with Crippen molar-refractivity contribution in [3.8, 4) is 5.75 Å². The summed E-state index contributed by atoms with van der Waals surface area (Å²) in [7, 11) is 1.94. The summed E-state index contributed by atoms with van der Waals surface area (Å²) in [4.78, 5) is 18.4. The van der Waals surface area contributed by atoms with Gasteiger partial charge < -0.3 is 14.7 Å². The van der Waals surface area contributed by atoms with Gasteiger partial charge in [0.15, 0.2) is 0 Å². The zero-order chi connectivity index (χ0) is 26.6. The Balaban J connectivity index is 1.39. The summed E-state index contributed by atoms with van der Waals surface area (Å²) in [6.07, 6.45) is 0.731. The second-order valence-electron chi connectivity index (χ2n) is 9.90. The van der Waals surface area contributed by atoms with E-state index in [4.69, 9.17) is 14.7 Å². The molecule has 0 aromatic heterocycles. The van der Waals surface area contributed by atoms with Crippen LogP contribution < -0.4 is 4.74 Å². The number of hydrogen-bond donors (Lipinski definition) is 1. The summed E-state index contributed by atoms with van der Waals surface area (Å²) in [5.41, 5.74) is 3.45. The standard InChI is InChI=1S/C28H33F3N2O4/c1-18(20-8-10-23-21(16-20)9-11-25(23)33(2)14-13-27(34)35)32-36-17-19-7-12-26(24(15-19)28(29,30)31)37-22-5-3-4-6-22/h7-8,10,12,15-16,22,25H,3-6,9,11,13-14,17H2,1-2H3,(H,34,35). The van der Waals surface area contributed by atoms with Gasteiger partial charge in [-0.25, -0.2) is 0 Å². The van der Waals surface area contributed by atoms with Gasteiger partial charge in [-0.05, 0) is 92.9 Å². The third kappa shape index (κ3) is 6.83. The third-order valence-electron chi connectivity index (χ3n) is 7.20. The first-order valence-electron chi connectivity index (χ1n) is 12.7. The van der Waals surface area contributed by atoms with Crippen LogP contribution in [0.3, 0.4) is 0 Å². The van der Waals surface area contributed by atoms with Crippen molar-refractivity contribution in [1.82, 2.24) is 4.90 Å². The Kier molecular flexibility index (Phi) is 8.42. The summed E-state index contributed by atoms with van der Waals surface area (Å²) in [5.74, 6) is -0.942. The Morgan fingerprint density at radius 2 is 1.89 bits per heavy atom. The van der Waals surface area contributed by atoms with E-state index in [2.05, 4.69) is 16.1 Å². The Bertz CT molecular complexity index is 1140. The quantitative estimate of drug-likeness (QED) is 0.293. The number of aryl methyl sites for hydroxylation is 1. The first-order valence-corrected chi connectivity index (χ1v) is 12.7. The fourth-order valence-electron chi connectivity index (χ4n) is 5.14. The molecule has 1 N–H and O–H groups in total. The SMILES string of the molecule is CC(=NOCc1ccc(OC2CCCC2)c(C(F)(F)F)c1)c1ccc2c(c1)CCC2N(C)CCC(=O)O. The van der Waals surface area contributed by atoms with E-state index in [-0.39, 0.29) is 30.9 Å². The van der Waals surface area contributed by atoms with Crippen LogP contribution in [0.15, 0.2) is 41.6 Å². The normalized spacial score (nSPS) is 18.3. The number of nitrogens with zero attached hydrogens (tertiary/aromatic N) is 2. The molecule has 1 fully saturated rings. The first-order chi connectivity index (χ1) is 17.6. The number of alkyl halides is 3. The number of rotatable bonds is 10. The van der Waals surface area contributed by atoms with Crippen molar-refractivity contribution in [2.75, 3.05) is 13.6 Å². The number of halogens is 3. The van der Waals surface area contributed by atoms with Crippen LogP contribution in [0.2, 0.25) is 0 Å². The number of carbonyl (C=O) groups is 1. The molecule has 200 valence electrons. The van der Waals surface area contributed by atoms with E-state index in [9.17, 15) is 18.0 Å². The number of carboxylic acid groups (broad SMARTS) is 1. The molecular weight excluding hydrogens is 485 g/mol. The van der Waals surface area contributed by atoms with Crippen LogP contribution in [0.4, 0.5) is 13.2 Å². The maximum atomic E-state index is 13.7. The highest BCUT2D eigenvalue weighted by Crippen LogP contribution is 2.39. The lowest BCUT2D eigenvalue weighted by molar-refractivity contribution is -0.139. The van der Waals surface area contributed by atoms with Gasteiger partial charge in [0.05, 0.1) is 23.8 Å². The number of fused-ring (bicyclic) bond motifs is 1. The van der Waals surface area contributed by atoms with E-state index >= 15 is 0 Å². The summed E-state index contributed by atoms with van der Waals surface area (Å²) < 4.78 is 46.6. The monoisotopic (exact) mass is 518 g/mol. The fraction of sp³-hybridized carbons (Fsp3) is 0.500. The molecule has 2 aliphatic carbocycles. The molecule has 2 aromatic rings. The molecule has 0 bridgehead atoms. The van der Waals surface area contributed by atoms with Crippen LogP contribution in [0, 0.1) is 0 Å². The molecule has 37 heavy (non-hydrogen) atoms. The minimum absolute atomic E-state index is 0.0918. The fourth-order valence-corrected chi connectivity index (χ4v) is 5.14. The van der Waals surface area contributed by atoms with E-state index in [0.717, 1.165) is 50.2 Å². The maximum absolute atomic E-state index is 13.7. The largest absolute Gasteiger partial charge is 0.490 e. The number of ether oxygens (including phenoxy) is 1. The van der Waals surface area contributed by atoms with E-state index in [1.165, 1.54) is 17.2 Å². The molecule has 2 aromatic carbocycles. The lowest BCUT2D eigenvalue weighted by Crippen LogP contribution is -2.25. The van der Waals surface area contributed by atoms with Crippen molar-refractivity contribution in [1.29, 1.82) is 0 Å². The third-order valence-corrected chi connectivity index (χ3v) is 7.20. The first kappa shape index (κ1) is 27.0. The van der Waals surface area contributed by atoms with Gasteiger partial charge in [0.1, 0.15) is 12.4 Å². The predicted octanol–water partition coefficient (Wildman–Crippen LogP) is 6.36. The van der Waals surface area contributed by atoms with Gasteiger partial charge in [-0.2, -0.15) is 13.2 Å². The van der Waals surface area contributed by atoms with Gasteiger partial charge in [-0.3, -0.25) is 9.69 Å². The van der Waals surface area contributed by atoms with E-state index < -0.39 is 17.7 Å². The maximum Gasteiger partial charge on any atom is 0.419 e. The van der Waals surface area contributed by atoms with Crippen LogP contribution in [-0.4, -0.2) is 41.4 Å². The molecule has 4 rings (SSSR count). The highest BCUT2D eigenvalue weighted by Gasteiger charge is 2.35. The van der Waals surface area contributed by atoms with Crippen LogP contribution >= 0.6 is 0 Å². The number of carboxylic acids is 1. The van der Waals surface area contributed by atoms with Gasteiger partial charge in [0.25, 0.3) is 0 Å². The molecule has 0 amide bonds. The summed E-state index contributed by atoms with van der Waals surface area (Å²) in [5, 5.41) is 13.1. The molecule has 2 aliphatic rings. The molecule has 1 unspecified atom stereocenters. The Morgan fingerprint density at radius 3 is 2.59 bits per heavy atom. The second kappa shape index (κ2) is 11.5. The Labute approximate surface area is 215 Å². The molecule has 1 saturated carbocycles. The second-order valence-corrected chi connectivity index (χ2v) is 9.90. The highest BCUT2D eigenvalue weighted by molar-refractivity contribution is 5.98. The van der Waals surface area contributed by atoms with Gasteiger partial charge in [0.2, 0.25) is 0 Å². The van der Waals surface area contributed by atoms with Crippen molar-refractivity contribution in [3.05, 3.63) is 64.2 Å². The number of oxime groups is 1. The Morgan fingerprint density at radius 1 is 1.14 bits per heavy atom. The molecule has 0 saturated heterocycles. The molecule has 0 aliphatic heterocycles. The average molecular weight is 519 g/mol. The van der Waals surface area contributed by atoms with Crippen LogP contribution in [-0.2, 0) is 28.8 Å². The Hall–Kier alpha value is -3.07. The van der Waals surface area contributed by atoms with Crippen LogP contribution in [0.5, 0.6) is 5.75 Å². The van der Waals surface area contributed by atoms with Crippen molar-refractivity contribution >= 4 is 11.7 Å². The van der Waals surface area contributed by atoms with Gasteiger partial charge in [-0.1, -0.05) is 23.4 Å². The summed E-state index contributed by atoms with van der Waals surface area (Å²) >= 11 is 0. The van der Waals surface area contributed by atoms with Crippen LogP contribution in [0.25, 0.3) is 0 Å². The van der Waals surface area contributed by atoms with Crippen LogP contribution in [0.1, 0.15) is 79.3 Å². The number of hydrogen-bond acceptors (Lipinski definition) is 5. The van der Waals surface area contributed by atoms with E-state index in [1.807, 2.05) is 19.2 Å². The van der Waals surface area contributed by atoms with E-state index in [0.29, 0.717) is 17.8 Å². The van der Waals surface area contributed by atoms with Crippen molar-refractivity contribution in [3.63, 3.8) is 0 Å². The zero-order valence-electron chi connectivity index (χ0n) is 21.2. The minimum atomic E-state index is -4.52. The molecule has 9 heteroatoms. The van der Waals surface area contributed by atoms with Crippen molar-refractivity contribution < 1.29 is 32.6 Å². The topological polar surface area (TPSA) is 71.4 Å². The van der Waals surface area contributed by atoms with Crippen molar-refractivity contribution in [2.45, 2.75) is 76.8 Å². The number of benzene rings is 2. The molecular formula is C28H33F3N2O4. The molecule has 1 atom stereocenters. The zero-order valence-corrected chi connectivity index (χ0v) is 21.2. The summed E-state index contributed by atoms with van der Waals surface area (Å²) in [6, 6.07) is 10.3. The lowest BCUT2D eigenvalue weighted by Gasteiger charge is -2.24. The van der Waals surface area contributed by atoms with E-state index in [1.54, 1.807) is 13.0 Å². The average Bonchev–Trinajstić information content (AvgIpc) is 3.52. The molecule has 6 nitrogen and oxygen atoms in total. The van der Waals surface area contributed by atoms with Gasteiger partial charge in [0, 0.05) is 12.6 Å². The number of aliphatic carboxylic acids is 1. The minimum Gasteiger partial charge on any atom is -0.490 e.